The maximum atomic E-state index is 12.5. The SMILES string of the molecule is COc1cc(C2C3=C(COC3=O)Nc3cc4c(cc32)OCO4)cc(O)c1OC. The molecule has 2 aromatic rings. The molecule has 3 heterocycles. The molecule has 0 aromatic heterocycles. The molecule has 3 aliphatic rings. The Bertz CT molecular complexity index is 1040. The second kappa shape index (κ2) is 5.98. The Morgan fingerprint density at radius 1 is 1.07 bits per heavy atom. The smallest absolute Gasteiger partial charge is 0.337 e. The Kier molecular flexibility index (Phi) is 3.55. The van der Waals surface area contributed by atoms with Crippen LogP contribution in [0.3, 0.4) is 0 Å². The van der Waals surface area contributed by atoms with Crippen molar-refractivity contribution in [2.45, 2.75) is 5.92 Å². The summed E-state index contributed by atoms with van der Waals surface area (Å²) in [4.78, 5) is 12.5. The lowest BCUT2D eigenvalue weighted by Gasteiger charge is -2.28. The molecular weight excluding hydrogens is 366 g/mol. The maximum Gasteiger partial charge on any atom is 0.337 e. The molecule has 0 radical (unpaired) electrons. The molecule has 5 rings (SSSR count). The van der Waals surface area contributed by atoms with Crippen LogP contribution in [0.1, 0.15) is 17.0 Å². The number of ether oxygens (including phenoxy) is 5. The van der Waals surface area contributed by atoms with Gasteiger partial charge in [0.1, 0.15) is 6.61 Å². The van der Waals surface area contributed by atoms with Crippen LogP contribution in [0.5, 0.6) is 28.7 Å². The molecule has 8 nitrogen and oxygen atoms in total. The number of carbonyl (C=O) groups excluding carboxylic acids is 1. The minimum absolute atomic E-state index is 0.0776. The van der Waals surface area contributed by atoms with Crippen molar-refractivity contribution < 1.29 is 33.6 Å². The second-order valence-corrected chi connectivity index (χ2v) is 6.59. The number of phenols is 1. The zero-order valence-corrected chi connectivity index (χ0v) is 15.2. The highest BCUT2D eigenvalue weighted by molar-refractivity contribution is 5.97. The van der Waals surface area contributed by atoms with Crippen LogP contribution in [0.4, 0.5) is 5.69 Å². The van der Waals surface area contributed by atoms with E-state index in [1.54, 1.807) is 12.1 Å². The number of esters is 1. The number of benzene rings is 2. The van der Waals surface area contributed by atoms with Crippen molar-refractivity contribution in [3.8, 4) is 28.7 Å². The van der Waals surface area contributed by atoms with Gasteiger partial charge < -0.3 is 34.1 Å². The minimum atomic E-state index is -0.471. The normalized spacial score (nSPS) is 18.9. The van der Waals surface area contributed by atoms with Gasteiger partial charge in [0.05, 0.1) is 25.5 Å². The molecule has 144 valence electrons. The third-order valence-corrected chi connectivity index (χ3v) is 5.14. The van der Waals surface area contributed by atoms with Crippen molar-refractivity contribution in [2.24, 2.45) is 0 Å². The summed E-state index contributed by atoms with van der Waals surface area (Å²) in [5.74, 6) is 0.888. The number of fused-ring (bicyclic) bond motifs is 2. The highest BCUT2D eigenvalue weighted by Crippen LogP contribution is 2.51. The van der Waals surface area contributed by atoms with E-state index in [4.69, 9.17) is 23.7 Å². The molecule has 8 heteroatoms. The predicted molar refractivity (Wildman–Crippen MR) is 97.2 cm³/mol. The van der Waals surface area contributed by atoms with Crippen LogP contribution in [0.25, 0.3) is 0 Å². The number of rotatable bonds is 3. The van der Waals surface area contributed by atoms with Crippen LogP contribution in [0, 0.1) is 0 Å². The number of nitrogens with one attached hydrogen (secondary N) is 1. The Labute approximate surface area is 160 Å². The molecule has 0 spiro atoms. The lowest BCUT2D eigenvalue weighted by Crippen LogP contribution is -2.20. The number of aromatic hydroxyl groups is 1. The number of hydrogen-bond acceptors (Lipinski definition) is 8. The Morgan fingerprint density at radius 3 is 2.61 bits per heavy atom. The quantitative estimate of drug-likeness (QED) is 0.781. The van der Waals surface area contributed by atoms with Crippen LogP contribution in [-0.4, -0.2) is 38.7 Å². The van der Waals surface area contributed by atoms with Crippen molar-refractivity contribution in [3.63, 3.8) is 0 Å². The van der Waals surface area contributed by atoms with Crippen LogP contribution < -0.4 is 24.3 Å². The maximum absolute atomic E-state index is 12.5. The summed E-state index contributed by atoms with van der Waals surface area (Å²) in [7, 11) is 2.94. The first-order valence-corrected chi connectivity index (χ1v) is 8.66. The number of hydrogen-bond donors (Lipinski definition) is 2. The highest BCUT2D eigenvalue weighted by atomic mass is 16.7. The second-order valence-electron chi connectivity index (χ2n) is 6.59. The largest absolute Gasteiger partial charge is 0.504 e. The van der Waals surface area contributed by atoms with Crippen molar-refractivity contribution in [2.75, 3.05) is 32.9 Å². The fourth-order valence-corrected chi connectivity index (χ4v) is 3.91. The standard InChI is InChI=1S/C20H17NO7/c1-24-16-4-9(3-13(22)19(16)25-2)17-10-5-14-15(28-8-27-14)6-11(10)21-12-7-26-20(23)18(12)17/h3-6,17,21-22H,7-8H2,1-2H3. The van der Waals surface area contributed by atoms with Crippen LogP contribution in [-0.2, 0) is 9.53 Å². The van der Waals surface area contributed by atoms with E-state index in [1.807, 2.05) is 12.1 Å². The molecule has 2 aromatic carbocycles. The number of phenolic OH excluding ortho intramolecular Hbond substituents is 1. The molecule has 2 N–H and O–H groups in total. The summed E-state index contributed by atoms with van der Waals surface area (Å²) < 4.78 is 26.8. The fraction of sp³-hybridized carbons (Fsp3) is 0.250. The summed E-state index contributed by atoms with van der Waals surface area (Å²) >= 11 is 0. The van der Waals surface area contributed by atoms with E-state index in [0.29, 0.717) is 34.1 Å². The van der Waals surface area contributed by atoms with Gasteiger partial charge in [0, 0.05) is 17.7 Å². The number of carbonyl (C=O) groups is 1. The van der Waals surface area contributed by atoms with Crippen molar-refractivity contribution in [1.82, 2.24) is 0 Å². The molecule has 0 fully saturated rings. The first-order valence-electron chi connectivity index (χ1n) is 8.66. The molecule has 3 aliphatic heterocycles. The van der Waals surface area contributed by atoms with Crippen molar-refractivity contribution in [3.05, 3.63) is 46.7 Å². The summed E-state index contributed by atoms with van der Waals surface area (Å²) in [6, 6.07) is 7.01. The first-order chi connectivity index (χ1) is 13.6. The molecule has 0 saturated heterocycles. The Morgan fingerprint density at radius 2 is 1.86 bits per heavy atom. The van der Waals surface area contributed by atoms with Gasteiger partial charge in [-0.3, -0.25) is 0 Å². The topological polar surface area (TPSA) is 95.5 Å². The van der Waals surface area contributed by atoms with Gasteiger partial charge in [-0.2, -0.15) is 0 Å². The fourth-order valence-electron chi connectivity index (χ4n) is 3.91. The van der Waals surface area contributed by atoms with Crippen molar-refractivity contribution in [1.29, 1.82) is 0 Å². The Balaban J connectivity index is 1.73. The summed E-state index contributed by atoms with van der Waals surface area (Å²) in [6.45, 7) is 0.313. The number of cyclic esters (lactones) is 1. The lowest BCUT2D eigenvalue weighted by molar-refractivity contribution is -0.136. The molecule has 1 atom stereocenters. The van der Waals surface area contributed by atoms with Crippen molar-refractivity contribution >= 4 is 11.7 Å². The molecule has 0 amide bonds. The van der Waals surface area contributed by atoms with Crippen LogP contribution >= 0.6 is 0 Å². The highest BCUT2D eigenvalue weighted by Gasteiger charge is 2.40. The zero-order valence-electron chi connectivity index (χ0n) is 15.2. The van der Waals surface area contributed by atoms with Gasteiger partial charge in [-0.15, -0.1) is 0 Å². The van der Waals surface area contributed by atoms with Gasteiger partial charge in [-0.1, -0.05) is 0 Å². The molecule has 0 aliphatic carbocycles. The predicted octanol–water partition coefficient (Wildman–Crippen LogP) is 2.51. The van der Waals surface area contributed by atoms with E-state index >= 15 is 0 Å². The van der Waals surface area contributed by atoms with Gasteiger partial charge in [0.2, 0.25) is 12.5 Å². The number of anilines is 1. The van der Waals surface area contributed by atoms with E-state index in [9.17, 15) is 9.90 Å². The average molecular weight is 383 g/mol. The van der Waals surface area contributed by atoms with E-state index in [0.717, 1.165) is 11.3 Å². The van der Waals surface area contributed by atoms with Gasteiger partial charge >= 0.3 is 5.97 Å². The summed E-state index contributed by atoms with van der Waals surface area (Å²) in [6.07, 6.45) is 0. The third-order valence-electron chi connectivity index (χ3n) is 5.14. The molecule has 0 bridgehead atoms. The van der Waals surface area contributed by atoms with Crippen LogP contribution in [0.15, 0.2) is 35.5 Å². The zero-order chi connectivity index (χ0) is 19.4. The number of methoxy groups -OCH3 is 2. The van der Waals surface area contributed by atoms with E-state index in [2.05, 4.69) is 5.32 Å². The minimum Gasteiger partial charge on any atom is -0.504 e. The molecule has 1 unspecified atom stereocenters. The van der Waals surface area contributed by atoms with E-state index in [1.165, 1.54) is 14.2 Å². The molecule has 28 heavy (non-hydrogen) atoms. The first kappa shape index (κ1) is 16.6. The average Bonchev–Trinajstić information content (AvgIpc) is 3.30. The summed E-state index contributed by atoms with van der Waals surface area (Å²) in [5, 5.41) is 13.7. The summed E-state index contributed by atoms with van der Waals surface area (Å²) in [5.41, 5.74) is 3.46. The van der Waals surface area contributed by atoms with E-state index < -0.39 is 11.9 Å². The Hall–Kier alpha value is -3.55. The van der Waals surface area contributed by atoms with Crippen LogP contribution in [0.2, 0.25) is 0 Å². The van der Waals surface area contributed by atoms with Gasteiger partial charge in [0.25, 0.3) is 0 Å². The van der Waals surface area contributed by atoms with Gasteiger partial charge in [0.15, 0.2) is 23.0 Å². The van der Waals surface area contributed by atoms with Gasteiger partial charge in [-0.25, -0.2) is 4.79 Å². The molecule has 0 saturated carbocycles. The van der Waals surface area contributed by atoms with E-state index in [-0.39, 0.29) is 24.9 Å². The van der Waals surface area contributed by atoms with Gasteiger partial charge in [-0.05, 0) is 29.3 Å². The third kappa shape index (κ3) is 2.27. The molecular formula is C20H17NO7. The monoisotopic (exact) mass is 383 g/mol. The lowest BCUT2D eigenvalue weighted by atomic mass is 9.81.